The third kappa shape index (κ3) is 5.66. The number of carbonyl (C=O) groups is 1. The molecule has 0 atom stereocenters. The maximum atomic E-state index is 12.1. The van der Waals surface area contributed by atoms with Crippen LogP contribution in [0.1, 0.15) is 22.3 Å². The van der Waals surface area contributed by atoms with E-state index in [1.54, 1.807) is 0 Å². The van der Waals surface area contributed by atoms with Gasteiger partial charge in [-0.05, 0) is 18.2 Å². The van der Waals surface area contributed by atoms with Gasteiger partial charge < -0.3 is 9.84 Å². The third-order valence-electron chi connectivity index (χ3n) is 1.84. The molecule has 0 heterocycles. The van der Waals surface area contributed by atoms with Gasteiger partial charge in [0.1, 0.15) is 5.75 Å². The first-order valence-electron chi connectivity index (χ1n) is 5.01. The van der Waals surface area contributed by atoms with Crippen LogP contribution in [0.5, 0.6) is 5.75 Å². The number of hydrogen-bond acceptors (Lipinski definition) is 2. The molecule has 7 heteroatoms. The lowest BCUT2D eigenvalue weighted by Crippen LogP contribution is -2.17. The van der Waals surface area contributed by atoms with Crippen LogP contribution in [0.25, 0.3) is 0 Å². The Hall–Kier alpha value is -1.68. The standard InChI is InChI=1S/C12H8BrF3O3/c13-4-2-1-3-8-5-9(11(17)18)7-10(6-8)19-12(14,15)16/h5-7H,2,4H2,(H,17,18). The molecule has 3 nitrogen and oxygen atoms in total. The Morgan fingerprint density at radius 3 is 2.58 bits per heavy atom. The van der Waals surface area contributed by atoms with E-state index in [9.17, 15) is 18.0 Å². The van der Waals surface area contributed by atoms with Crippen LogP contribution in [0.4, 0.5) is 13.2 Å². The smallest absolute Gasteiger partial charge is 0.478 e. The summed E-state index contributed by atoms with van der Waals surface area (Å²) >= 11 is 3.14. The van der Waals surface area contributed by atoms with Gasteiger partial charge in [0.25, 0.3) is 0 Å². The topological polar surface area (TPSA) is 46.5 Å². The van der Waals surface area contributed by atoms with E-state index >= 15 is 0 Å². The summed E-state index contributed by atoms with van der Waals surface area (Å²) in [4.78, 5) is 10.8. The number of carboxylic acid groups (broad SMARTS) is 1. The summed E-state index contributed by atoms with van der Waals surface area (Å²) in [6.45, 7) is 0. The molecule has 1 rings (SSSR count). The Kier molecular flexibility index (Phi) is 5.24. The van der Waals surface area contributed by atoms with Gasteiger partial charge in [-0.15, -0.1) is 13.2 Å². The molecule has 1 aromatic rings. The second-order valence-electron chi connectivity index (χ2n) is 3.34. The van der Waals surface area contributed by atoms with Crippen molar-refractivity contribution in [1.29, 1.82) is 0 Å². The molecule has 19 heavy (non-hydrogen) atoms. The van der Waals surface area contributed by atoms with Crippen LogP contribution in [0, 0.1) is 11.8 Å². The zero-order chi connectivity index (χ0) is 14.5. The van der Waals surface area contributed by atoms with E-state index in [-0.39, 0.29) is 11.1 Å². The Morgan fingerprint density at radius 2 is 2.05 bits per heavy atom. The maximum absolute atomic E-state index is 12.1. The van der Waals surface area contributed by atoms with Crippen molar-refractivity contribution in [3.05, 3.63) is 29.3 Å². The highest BCUT2D eigenvalue weighted by Gasteiger charge is 2.31. The fourth-order valence-corrected chi connectivity index (χ4v) is 1.40. The number of halogens is 4. The van der Waals surface area contributed by atoms with Gasteiger partial charge in [-0.25, -0.2) is 4.79 Å². The summed E-state index contributed by atoms with van der Waals surface area (Å²) in [5.74, 6) is 3.31. The van der Waals surface area contributed by atoms with E-state index in [0.717, 1.165) is 12.1 Å². The number of rotatable bonds is 3. The molecule has 0 aliphatic carbocycles. The molecular weight excluding hydrogens is 329 g/mol. The lowest BCUT2D eigenvalue weighted by atomic mass is 10.1. The SMILES string of the molecule is O=C(O)c1cc(C#CCCBr)cc(OC(F)(F)F)c1. The second-order valence-corrected chi connectivity index (χ2v) is 4.13. The molecule has 0 spiro atoms. The highest BCUT2D eigenvalue weighted by Crippen LogP contribution is 2.25. The molecule has 102 valence electrons. The Morgan fingerprint density at radius 1 is 1.37 bits per heavy atom. The minimum absolute atomic E-state index is 0.153. The molecule has 0 amide bonds. The van der Waals surface area contributed by atoms with Gasteiger partial charge in [-0.1, -0.05) is 27.8 Å². The Labute approximate surface area is 115 Å². The second kappa shape index (κ2) is 6.48. The summed E-state index contributed by atoms with van der Waals surface area (Å²) in [5.41, 5.74) is -0.162. The lowest BCUT2D eigenvalue weighted by molar-refractivity contribution is -0.274. The van der Waals surface area contributed by atoms with Crippen LogP contribution in [0.3, 0.4) is 0 Å². The molecule has 0 fully saturated rings. The minimum atomic E-state index is -4.88. The molecule has 0 bridgehead atoms. The van der Waals surface area contributed by atoms with Gasteiger partial charge in [0.15, 0.2) is 0 Å². The number of hydrogen-bond donors (Lipinski definition) is 1. The van der Waals surface area contributed by atoms with E-state index in [4.69, 9.17) is 5.11 Å². The number of benzene rings is 1. The van der Waals surface area contributed by atoms with Gasteiger partial charge >= 0.3 is 12.3 Å². The zero-order valence-electron chi connectivity index (χ0n) is 9.42. The van der Waals surface area contributed by atoms with Crippen LogP contribution in [0.15, 0.2) is 18.2 Å². The average Bonchev–Trinajstić information content (AvgIpc) is 2.26. The average molecular weight is 337 g/mol. The van der Waals surface area contributed by atoms with Crippen molar-refractivity contribution in [2.24, 2.45) is 0 Å². The van der Waals surface area contributed by atoms with Crippen molar-refractivity contribution in [2.75, 3.05) is 5.33 Å². The third-order valence-corrected chi connectivity index (χ3v) is 2.24. The molecular formula is C12H8BrF3O3. The van der Waals surface area contributed by atoms with Crippen molar-refractivity contribution >= 4 is 21.9 Å². The van der Waals surface area contributed by atoms with Crippen LogP contribution in [-0.2, 0) is 0 Å². The van der Waals surface area contributed by atoms with E-state index in [0.29, 0.717) is 11.8 Å². The predicted octanol–water partition coefficient (Wildman–Crippen LogP) is 3.42. The summed E-state index contributed by atoms with van der Waals surface area (Å²) in [6.07, 6.45) is -4.38. The summed E-state index contributed by atoms with van der Waals surface area (Å²) in [6, 6.07) is 3.03. The molecule has 0 saturated carbocycles. The Balaban J connectivity index is 3.12. The largest absolute Gasteiger partial charge is 0.573 e. The van der Waals surface area contributed by atoms with Gasteiger partial charge in [0.05, 0.1) is 5.56 Å². The first-order valence-corrected chi connectivity index (χ1v) is 6.13. The monoisotopic (exact) mass is 336 g/mol. The van der Waals surface area contributed by atoms with E-state index in [1.165, 1.54) is 6.07 Å². The van der Waals surface area contributed by atoms with Crippen molar-refractivity contribution in [3.8, 4) is 17.6 Å². The van der Waals surface area contributed by atoms with Crippen molar-refractivity contribution in [3.63, 3.8) is 0 Å². The number of ether oxygens (including phenoxy) is 1. The number of aromatic carboxylic acids is 1. The van der Waals surface area contributed by atoms with Crippen LogP contribution >= 0.6 is 15.9 Å². The molecule has 0 saturated heterocycles. The fourth-order valence-electron chi connectivity index (χ4n) is 1.20. The summed E-state index contributed by atoms with van der Waals surface area (Å²) in [7, 11) is 0. The van der Waals surface area contributed by atoms with E-state index in [1.807, 2.05) is 0 Å². The number of alkyl halides is 4. The summed E-state index contributed by atoms with van der Waals surface area (Å²) in [5, 5.41) is 9.43. The molecule has 0 aliphatic rings. The molecule has 1 aromatic carbocycles. The Bertz CT molecular complexity index is 529. The van der Waals surface area contributed by atoms with Gasteiger partial charge in [0, 0.05) is 17.3 Å². The van der Waals surface area contributed by atoms with Crippen LogP contribution in [0.2, 0.25) is 0 Å². The van der Waals surface area contributed by atoms with Crippen LogP contribution < -0.4 is 4.74 Å². The van der Waals surface area contributed by atoms with Crippen LogP contribution in [-0.4, -0.2) is 22.8 Å². The quantitative estimate of drug-likeness (QED) is 0.679. The number of carboxylic acids is 1. The van der Waals surface area contributed by atoms with E-state index < -0.39 is 18.1 Å². The van der Waals surface area contributed by atoms with E-state index in [2.05, 4.69) is 32.5 Å². The molecule has 0 aliphatic heterocycles. The molecule has 1 N–H and O–H groups in total. The zero-order valence-corrected chi connectivity index (χ0v) is 11.0. The van der Waals surface area contributed by atoms with Crippen molar-refractivity contribution in [1.82, 2.24) is 0 Å². The molecule has 0 unspecified atom stereocenters. The first kappa shape index (κ1) is 15.4. The predicted molar refractivity (Wildman–Crippen MR) is 65.4 cm³/mol. The van der Waals surface area contributed by atoms with Gasteiger partial charge in [-0.2, -0.15) is 0 Å². The molecule has 0 aromatic heterocycles. The lowest BCUT2D eigenvalue weighted by Gasteiger charge is -2.09. The minimum Gasteiger partial charge on any atom is -0.478 e. The highest BCUT2D eigenvalue weighted by atomic mass is 79.9. The fraction of sp³-hybridized carbons (Fsp3) is 0.250. The van der Waals surface area contributed by atoms with Gasteiger partial charge in [0.2, 0.25) is 0 Å². The normalized spacial score (nSPS) is 10.5. The highest BCUT2D eigenvalue weighted by molar-refractivity contribution is 9.09. The summed E-state index contributed by atoms with van der Waals surface area (Å²) < 4.78 is 40.0. The van der Waals surface area contributed by atoms with Gasteiger partial charge in [-0.3, -0.25) is 0 Å². The maximum Gasteiger partial charge on any atom is 0.573 e. The first-order chi connectivity index (χ1) is 8.81. The molecule has 0 radical (unpaired) electrons. The van der Waals surface area contributed by atoms with Crippen molar-refractivity contribution < 1.29 is 27.8 Å². The van der Waals surface area contributed by atoms with Crippen molar-refractivity contribution in [2.45, 2.75) is 12.8 Å².